The van der Waals surface area contributed by atoms with E-state index >= 15 is 0 Å². The van der Waals surface area contributed by atoms with Crippen LogP contribution in [0.4, 0.5) is 4.79 Å². The molecule has 1 rings (SSSR count). The zero-order valence-electron chi connectivity index (χ0n) is 12.9. The van der Waals surface area contributed by atoms with Crippen molar-refractivity contribution in [3.05, 3.63) is 0 Å². The molecule has 0 aliphatic heterocycles. The van der Waals surface area contributed by atoms with E-state index in [-0.39, 0.29) is 30.0 Å². The lowest BCUT2D eigenvalue weighted by molar-refractivity contribution is -0.137. The molecule has 0 aromatic carbocycles. The molecule has 0 aromatic rings. The monoisotopic (exact) mass is 285 g/mol. The molecule has 116 valence electrons. The summed E-state index contributed by atoms with van der Waals surface area (Å²) in [4.78, 5) is 24.9. The molecule has 1 saturated carbocycles. The average Bonchev–Trinajstić information content (AvgIpc) is 2.25. The number of likely N-dealkylation sites (N-methyl/N-ethyl adjacent to an activating group) is 1. The van der Waals surface area contributed by atoms with Gasteiger partial charge in [-0.1, -0.05) is 13.8 Å². The van der Waals surface area contributed by atoms with Gasteiger partial charge in [-0.15, -0.1) is 0 Å². The minimum absolute atomic E-state index is 0.0517. The lowest BCUT2D eigenvalue weighted by Gasteiger charge is -2.47. The van der Waals surface area contributed by atoms with Crippen LogP contribution < -0.4 is 10.6 Å². The highest BCUT2D eigenvalue weighted by Crippen LogP contribution is 2.35. The van der Waals surface area contributed by atoms with Crippen LogP contribution in [0.3, 0.4) is 0 Å². The predicted molar refractivity (Wildman–Crippen MR) is 77.7 cm³/mol. The second-order valence-corrected chi connectivity index (χ2v) is 6.25. The van der Waals surface area contributed by atoms with Crippen molar-refractivity contribution in [3.63, 3.8) is 0 Å². The molecular formula is C14H27N3O3. The number of urea groups is 1. The zero-order chi connectivity index (χ0) is 15.3. The number of carbonyl (C=O) groups excluding carboxylic acids is 1. The number of rotatable bonds is 7. The first kappa shape index (κ1) is 16.8. The Labute approximate surface area is 120 Å². The number of nitrogens with one attached hydrogen (secondary N) is 2. The Hall–Kier alpha value is -1.30. The molecule has 6 nitrogen and oxygen atoms in total. The van der Waals surface area contributed by atoms with Crippen LogP contribution in [-0.4, -0.2) is 54.2 Å². The number of hydrogen-bond donors (Lipinski definition) is 3. The Morgan fingerprint density at radius 2 is 1.90 bits per heavy atom. The smallest absolute Gasteiger partial charge is 0.315 e. The van der Waals surface area contributed by atoms with E-state index in [0.29, 0.717) is 6.54 Å². The van der Waals surface area contributed by atoms with Gasteiger partial charge in [-0.05, 0) is 39.3 Å². The average molecular weight is 285 g/mol. The molecule has 2 amide bonds. The van der Waals surface area contributed by atoms with Crippen molar-refractivity contribution in [1.29, 1.82) is 0 Å². The third kappa shape index (κ3) is 4.37. The predicted octanol–water partition coefficient (Wildman–Crippen LogP) is 1.27. The molecule has 0 aromatic heterocycles. The van der Waals surface area contributed by atoms with Crippen molar-refractivity contribution in [2.45, 2.75) is 51.1 Å². The van der Waals surface area contributed by atoms with Gasteiger partial charge in [0.05, 0.1) is 6.42 Å². The van der Waals surface area contributed by atoms with Crippen LogP contribution in [0.25, 0.3) is 0 Å². The molecule has 1 atom stereocenters. The van der Waals surface area contributed by atoms with Crippen molar-refractivity contribution in [2.75, 3.05) is 20.6 Å². The molecule has 20 heavy (non-hydrogen) atoms. The molecule has 0 radical (unpaired) electrons. The number of carbonyl (C=O) groups is 2. The van der Waals surface area contributed by atoms with Gasteiger partial charge in [0.15, 0.2) is 0 Å². The van der Waals surface area contributed by atoms with Gasteiger partial charge in [0.1, 0.15) is 0 Å². The van der Waals surface area contributed by atoms with Crippen molar-refractivity contribution >= 4 is 12.0 Å². The summed E-state index contributed by atoms with van der Waals surface area (Å²) in [6, 6.07) is -0.623. The molecule has 0 spiro atoms. The number of hydrogen-bond acceptors (Lipinski definition) is 3. The van der Waals surface area contributed by atoms with Crippen LogP contribution in [0.1, 0.15) is 39.5 Å². The number of aliphatic carboxylic acids is 1. The normalized spacial score (nSPS) is 18.5. The standard InChI is InChI=1S/C14H27N3O3/c1-10(2)11(8-12(18)19)16-13(20)15-9-14(17(3)4)6-5-7-14/h10-11H,5-9H2,1-4H3,(H,18,19)(H2,15,16,20). The Kier molecular flexibility index (Phi) is 5.80. The Morgan fingerprint density at radius 1 is 1.30 bits per heavy atom. The number of nitrogens with zero attached hydrogens (tertiary/aromatic N) is 1. The molecule has 3 N–H and O–H groups in total. The molecule has 0 bridgehead atoms. The fourth-order valence-corrected chi connectivity index (χ4v) is 2.47. The molecule has 1 aliphatic carbocycles. The van der Waals surface area contributed by atoms with E-state index in [9.17, 15) is 9.59 Å². The van der Waals surface area contributed by atoms with Crippen molar-refractivity contribution < 1.29 is 14.7 Å². The summed E-state index contributed by atoms with van der Waals surface area (Å²) in [7, 11) is 4.06. The van der Waals surface area contributed by atoms with Crippen LogP contribution in [0.2, 0.25) is 0 Å². The van der Waals surface area contributed by atoms with Gasteiger partial charge in [-0.25, -0.2) is 4.79 Å². The molecule has 1 aliphatic rings. The Morgan fingerprint density at radius 3 is 2.25 bits per heavy atom. The Balaban J connectivity index is 2.44. The maximum Gasteiger partial charge on any atom is 0.315 e. The summed E-state index contributed by atoms with van der Waals surface area (Å²) in [6.07, 6.45) is 3.31. The van der Waals surface area contributed by atoms with E-state index in [4.69, 9.17) is 5.11 Å². The first-order valence-electron chi connectivity index (χ1n) is 7.20. The van der Waals surface area contributed by atoms with Gasteiger partial charge in [-0.3, -0.25) is 4.79 Å². The fraction of sp³-hybridized carbons (Fsp3) is 0.857. The number of carboxylic acids is 1. The zero-order valence-corrected chi connectivity index (χ0v) is 12.9. The number of amides is 2. The van der Waals surface area contributed by atoms with Gasteiger partial charge < -0.3 is 20.6 Å². The quantitative estimate of drug-likeness (QED) is 0.658. The molecule has 0 heterocycles. The summed E-state index contributed by atoms with van der Waals surface area (Å²) in [5.41, 5.74) is 0.0669. The fourth-order valence-electron chi connectivity index (χ4n) is 2.47. The molecule has 1 unspecified atom stereocenters. The highest BCUT2D eigenvalue weighted by Gasteiger charge is 2.39. The van der Waals surface area contributed by atoms with Crippen LogP contribution in [-0.2, 0) is 4.79 Å². The third-order valence-electron chi connectivity index (χ3n) is 4.33. The van der Waals surface area contributed by atoms with E-state index in [1.54, 1.807) is 0 Å². The van der Waals surface area contributed by atoms with Gasteiger partial charge in [-0.2, -0.15) is 0 Å². The van der Waals surface area contributed by atoms with E-state index in [2.05, 4.69) is 15.5 Å². The topological polar surface area (TPSA) is 81.7 Å². The van der Waals surface area contributed by atoms with E-state index in [0.717, 1.165) is 12.8 Å². The highest BCUT2D eigenvalue weighted by molar-refractivity contribution is 5.75. The van der Waals surface area contributed by atoms with Crippen molar-refractivity contribution in [1.82, 2.24) is 15.5 Å². The van der Waals surface area contributed by atoms with Crippen LogP contribution >= 0.6 is 0 Å². The lowest BCUT2D eigenvalue weighted by atomic mass is 9.75. The molecule has 0 saturated heterocycles. The van der Waals surface area contributed by atoms with E-state index < -0.39 is 5.97 Å². The van der Waals surface area contributed by atoms with Crippen LogP contribution in [0, 0.1) is 5.92 Å². The first-order chi connectivity index (χ1) is 9.27. The minimum Gasteiger partial charge on any atom is -0.481 e. The number of carboxylic acid groups (broad SMARTS) is 1. The molecule has 1 fully saturated rings. The van der Waals surface area contributed by atoms with Crippen LogP contribution in [0.15, 0.2) is 0 Å². The van der Waals surface area contributed by atoms with Gasteiger partial charge in [0, 0.05) is 18.1 Å². The van der Waals surface area contributed by atoms with Crippen molar-refractivity contribution in [2.24, 2.45) is 5.92 Å². The summed E-state index contributed by atoms with van der Waals surface area (Å²) >= 11 is 0. The van der Waals surface area contributed by atoms with Gasteiger partial charge >= 0.3 is 12.0 Å². The maximum atomic E-state index is 11.9. The molecule has 6 heteroatoms. The summed E-state index contributed by atoms with van der Waals surface area (Å²) in [6.45, 7) is 4.41. The largest absolute Gasteiger partial charge is 0.481 e. The second-order valence-electron chi connectivity index (χ2n) is 6.25. The second kappa shape index (κ2) is 6.92. The van der Waals surface area contributed by atoms with Gasteiger partial charge in [0.2, 0.25) is 0 Å². The summed E-state index contributed by atoms with van der Waals surface area (Å²) < 4.78 is 0. The third-order valence-corrected chi connectivity index (χ3v) is 4.33. The van der Waals surface area contributed by atoms with E-state index in [1.165, 1.54) is 6.42 Å². The van der Waals surface area contributed by atoms with Crippen LogP contribution in [0.5, 0.6) is 0 Å². The van der Waals surface area contributed by atoms with Crippen molar-refractivity contribution in [3.8, 4) is 0 Å². The lowest BCUT2D eigenvalue weighted by Crippen LogP contribution is -2.59. The first-order valence-corrected chi connectivity index (χ1v) is 7.20. The van der Waals surface area contributed by atoms with E-state index in [1.807, 2.05) is 27.9 Å². The minimum atomic E-state index is -0.896. The highest BCUT2D eigenvalue weighted by atomic mass is 16.4. The van der Waals surface area contributed by atoms with Gasteiger partial charge in [0.25, 0.3) is 0 Å². The summed E-state index contributed by atoms with van der Waals surface area (Å²) in [5.74, 6) is -0.809. The SMILES string of the molecule is CC(C)C(CC(=O)O)NC(=O)NCC1(N(C)C)CCC1. The molecular weight excluding hydrogens is 258 g/mol. The summed E-state index contributed by atoms with van der Waals surface area (Å²) in [5, 5.41) is 14.5. The Bertz CT molecular complexity index is 352. The maximum absolute atomic E-state index is 11.9.